The lowest BCUT2D eigenvalue weighted by Gasteiger charge is -1.98. The molecule has 0 radical (unpaired) electrons. The minimum Gasteiger partial charge on any atom is -0.296 e. The highest BCUT2D eigenvalue weighted by Crippen LogP contribution is 2.25. The summed E-state index contributed by atoms with van der Waals surface area (Å²) in [7, 11) is 0. The Balaban J connectivity index is 2.38. The molecule has 82 valence electrons. The summed E-state index contributed by atoms with van der Waals surface area (Å²) in [6.45, 7) is 0. The van der Waals surface area contributed by atoms with Gasteiger partial charge in [0.05, 0.1) is 16.8 Å². The Morgan fingerprint density at radius 1 is 1.12 bits per heavy atom. The Morgan fingerprint density at radius 2 is 2.00 bits per heavy atom. The van der Waals surface area contributed by atoms with E-state index >= 15 is 0 Å². The summed E-state index contributed by atoms with van der Waals surface area (Å²) in [5.74, 6) is 0. The average molecular weight is 223 g/mol. The molecule has 0 spiro atoms. The van der Waals surface area contributed by atoms with E-state index in [1.807, 2.05) is 42.6 Å². The van der Waals surface area contributed by atoms with Crippen LogP contribution in [-0.2, 0) is 0 Å². The van der Waals surface area contributed by atoms with Crippen molar-refractivity contribution in [3.8, 4) is 11.3 Å². The maximum absolute atomic E-state index is 11.1. The summed E-state index contributed by atoms with van der Waals surface area (Å²) in [5.41, 5.74) is 2.83. The average Bonchev–Trinajstić information content (AvgIpc) is 2.78. The van der Waals surface area contributed by atoms with Crippen LogP contribution in [0.2, 0.25) is 0 Å². The Labute approximate surface area is 97.5 Å². The van der Waals surface area contributed by atoms with Gasteiger partial charge in [0, 0.05) is 12.4 Å². The Bertz CT molecular complexity index is 673. The molecule has 0 amide bonds. The van der Waals surface area contributed by atoms with Crippen molar-refractivity contribution in [2.24, 2.45) is 0 Å². The minimum atomic E-state index is 0.412. The zero-order valence-electron chi connectivity index (χ0n) is 8.95. The lowest BCUT2D eigenvalue weighted by atomic mass is 10.1. The minimum absolute atomic E-state index is 0.412. The first-order valence-corrected chi connectivity index (χ1v) is 5.24. The molecule has 0 unspecified atom stereocenters. The van der Waals surface area contributed by atoms with E-state index in [1.165, 1.54) is 0 Å². The van der Waals surface area contributed by atoms with Crippen LogP contribution in [0.1, 0.15) is 10.5 Å². The summed E-state index contributed by atoms with van der Waals surface area (Å²) < 4.78 is 1.69. The summed E-state index contributed by atoms with van der Waals surface area (Å²) in [4.78, 5) is 15.3. The second-order valence-corrected chi connectivity index (χ2v) is 3.62. The lowest BCUT2D eigenvalue weighted by molar-refractivity contribution is 0.111. The van der Waals surface area contributed by atoms with Gasteiger partial charge in [-0.1, -0.05) is 12.1 Å². The van der Waals surface area contributed by atoms with Crippen LogP contribution in [0.15, 0.2) is 48.8 Å². The molecule has 3 aromatic heterocycles. The van der Waals surface area contributed by atoms with Gasteiger partial charge in [-0.25, -0.2) is 4.52 Å². The molecule has 0 aromatic carbocycles. The van der Waals surface area contributed by atoms with Crippen molar-refractivity contribution in [2.75, 3.05) is 0 Å². The first kappa shape index (κ1) is 9.72. The smallest absolute Gasteiger partial charge is 0.171 e. The monoisotopic (exact) mass is 223 g/mol. The van der Waals surface area contributed by atoms with Gasteiger partial charge in [-0.2, -0.15) is 5.10 Å². The molecular weight excluding hydrogens is 214 g/mol. The molecule has 0 aliphatic heterocycles. The molecule has 3 aromatic rings. The van der Waals surface area contributed by atoms with Crippen molar-refractivity contribution >= 4 is 11.8 Å². The largest absolute Gasteiger partial charge is 0.296 e. The Morgan fingerprint density at radius 3 is 2.76 bits per heavy atom. The normalized spacial score (nSPS) is 10.6. The van der Waals surface area contributed by atoms with Gasteiger partial charge in [0.2, 0.25) is 0 Å². The number of hydrogen-bond donors (Lipinski definition) is 0. The summed E-state index contributed by atoms with van der Waals surface area (Å²) >= 11 is 0. The SMILES string of the molecule is O=Cc1nn2ccccc2c1-c1ccccn1. The quantitative estimate of drug-likeness (QED) is 0.626. The summed E-state index contributed by atoms with van der Waals surface area (Å²) in [6, 6.07) is 11.3. The molecule has 4 nitrogen and oxygen atoms in total. The number of aromatic nitrogens is 3. The number of fused-ring (bicyclic) bond motifs is 1. The molecule has 17 heavy (non-hydrogen) atoms. The van der Waals surface area contributed by atoms with Crippen LogP contribution in [0.3, 0.4) is 0 Å². The van der Waals surface area contributed by atoms with E-state index in [1.54, 1.807) is 10.7 Å². The lowest BCUT2D eigenvalue weighted by Crippen LogP contribution is -1.87. The van der Waals surface area contributed by atoms with E-state index in [0.29, 0.717) is 5.69 Å². The van der Waals surface area contributed by atoms with E-state index in [4.69, 9.17) is 0 Å². The van der Waals surface area contributed by atoms with Crippen molar-refractivity contribution < 1.29 is 4.79 Å². The van der Waals surface area contributed by atoms with Crippen molar-refractivity contribution in [1.29, 1.82) is 0 Å². The molecule has 0 saturated heterocycles. The maximum Gasteiger partial charge on any atom is 0.171 e. The van der Waals surface area contributed by atoms with Gasteiger partial charge >= 0.3 is 0 Å². The molecule has 0 N–H and O–H groups in total. The van der Waals surface area contributed by atoms with Gasteiger partial charge in [0.25, 0.3) is 0 Å². The number of carbonyl (C=O) groups excluding carboxylic acids is 1. The molecule has 3 heterocycles. The number of nitrogens with zero attached hydrogens (tertiary/aromatic N) is 3. The predicted octanol–water partition coefficient (Wildman–Crippen LogP) is 2.21. The van der Waals surface area contributed by atoms with Gasteiger partial charge < -0.3 is 0 Å². The molecule has 0 atom stereocenters. The molecule has 0 saturated carbocycles. The zero-order valence-corrected chi connectivity index (χ0v) is 8.95. The third kappa shape index (κ3) is 1.50. The van der Waals surface area contributed by atoms with Crippen LogP contribution < -0.4 is 0 Å². The van der Waals surface area contributed by atoms with Crippen molar-refractivity contribution in [1.82, 2.24) is 14.6 Å². The van der Waals surface area contributed by atoms with Crippen molar-refractivity contribution in [3.05, 3.63) is 54.5 Å². The van der Waals surface area contributed by atoms with E-state index in [0.717, 1.165) is 23.1 Å². The molecule has 0 bridgehead atoms. The van der Waals surface area contributed by atoms with Crippen molar-refractivity contribution in [2.45, 2.75) is 0 Å². The number of pyridine rings is 2. The predicted molar refractivity (Wildman–Crippen MR) is 63.8 cm³/mol. The van der Waals surface area contributed by atoms with E-state index in [2.05, 4.69) is 10.1 Å². The van der Waals surface area contributed by atoms with Crippen LogP contribution in [-0.4, -0.2) is 20.9 Å². The number of carbonyl (C=O) groups is 1. The van der Waals surface area contributed by atoms with Crippen molar-refractivity contribution in [3.63, 3.8) is 0 Å². The van der Waals surface area contributed by atoms with Crippen LogP contribution >= 0.6 is 0 Å². The highest BCUT2D eigenvalue weighted by molar-refractivity contribution is 5.92. The standard InChI is InChI=1S/C13H9N3O/c17-9-11-13(10-5-1-3-7-14-10)12-6-2-4-8-16(12)15-11/h1-9H. The molecule has 0 aliphatic rings. The second kappa shape index (κ2) is 3.83. The fraction of sp³-hybridized carbons (Fsp3) is 0. The van der Waals surface area contributed by atoms with Gasteiger partial charge in [0.15, 0.2) is 6.29 Å². The first-order valence-electron chi connectivity index (χ1n) is 5.24. The maximum atomic E-state index is 11.1. The van der Waals surface area contributed by atoms with E-state index < -0.39 is 0 Å². The number of rotatable bonds is 2. The summed E-state index contributed by atoms with van der Waals surface area (Å²) in [6.07, 6.45) is 4.28. The zero-order chi connectivity index (χ0) is 11.7. The second-order valence-electron chi connectivity index (χ2n) is 3.62. The van der Waals surface area contributed by atoms with E-state index in [9.17, 15) is 4.79 Å². The van der Waals surface area contributed by atoms with Crippen LogP contribution in [0.5, 0.6) is 0 Å². The molecule has 0 fully saturated rings. The molecule has 0 aliphatic carbocycles. The number of aldehydes is 1. The van der Waals surface area contributed by atoms with Gasteiger partial charge in [-0.15, -0.1) is 0 Å². The molecule has 3 rings (SSSR count). The van der Waals surface area contributed by atoms with Gasteiger partial charge in [-0.3, -0.25) is 9.78 Å². The fourth-order valence-corrected chi connectivity index (χ4v) is 1.87. The fourth-order valence-electron chi connectivity index (χ4n) is 1.87. The van der Waals surface area contributed by atoms with Crippen LogP contribution in [0, 0.1) is 0 Å². The van der Waals surface area contributed by atoms with E-state index in [-0.39, 0.29) is 0 Å². The highest BCUT2D eigenvalue weighted by Gasteiger charge is 2.13. The Kier molecular flexibility index (Phi) is 2.19. The van der Waals surface area contributed by atoms with Crippen LogP contribution in [0.25, 0.3) is 16.8 Å². The van der Waals surface area contributed by atoms with Gasteiger partial charge in [0.1, 0.15) is 5.69 Å². The topological polar surface area (TPSA) is 47.3 Å². The third-order valence-corrected chi connectivity index (χ3v) is 2.60. The highest BCUT2D eigenvalue weighted by atomic mass is 16.1. The van der Waals surface area contributed by atoms with Gasteiger partial charge in [-0.05, 0) is 24.3 Å². The number of hydrogen-bond acceptors (Lipinski definition) is 3. The Hall–Kier alpha value is -2.49. The van der Waals surface area contributed by atoms with Crippen LogP contribution in [0.4, 0.5) is 0 Å². The third-order valence-electron chi connectivity index (χ3n) is 2.60. The molecule has 4 heteroatoms. The summed E-state index contributed by atoms with van der Waals surface area (Å²) in [5, 5.41) is 4.22. The first-order chi connectivity index (χ1) is 8.40. The molecular formula is C13H9N3O.